The number of rotatable bonds is 5. The van der Waals surface area contributed by atoms with Crippen LogP contribution in [0.4, 0.5) is 11.6 Å². The quantitative estimate of drug-likeness (QED) is 0.747. The maximum atomic E-state index is 4.87. The van der Waals surface area contributed by atoms with Gasteiger partial charge in [-0.3, -0.25) is 0 Å². The Hall–Kier alpha value is -2.74. The molecule has 3 aromatic heterocycles. The van der Waals surface area contributed by atoms with E-state index >= 15 is 0 Å². The molecule has 136 valence electrons. The number of hydrogen-bond donors (Lipinski definition) is 1. The molecule has 8 nitrogen and oxygen atoms in total. The molecule has 1 N–H and O–H groups in total. The number of fused-ring (bicyclic) bond motifs is 1. The van der Waals surface area contributed by atoms with E-state index in [0.717, 1.165) is 48.2 Å². The Balaban J connectivity index is 1.59. The number of imidazole rings is 1. The number of hydrogen-bond acceptors (Lipinski definition) is 7. The molecule has 1 saturated heterocycles. The third-order valence-corrected chi connectivity index (χ3v) is 4.99. The first-order chi connectivity index (χ1) is 12.6. The number of nitrogens with zero attached hydrogens (tertiary/aromatic N) is 7. The van der Waals surface area contributed by atoms with Crippen molar-refractivity contribution in [1.29, 1.82) is 0 Å². The van der Waals surface area contributed by atoms with Crippen molar-refractivity contribution >= 4 is 17.3 Å². The largest absolute Gasteiger partial charge is 0.364 e. The van der Waals surface area contributed by atoms with E-state index in [9.17, 15) is 0 Å². The minimum absolute atomic E-state index is 0.580. The molecule has 0 amide bonds. The zero-order chi connectivity index (χ0) is 18.1. The van der Waals surface area contributed by atoms with E-state index in [1.54, 1.807) is 6.20 Å². The lowest BCUT2D eigenvalue weighted by atomic mass is 10.2. The van der Waals surface area contributed by atoms with E-state index in [2.05, 4.69) is 50.2 Å². The smallest absolute Gasteiger partial charge is 0.154 e. The first-order valence-corrected chi connectivity index (χ1v) is 8.88. The molecule has 0 spiro atoms. The second-order valence-corrected chi connectivity index (χ2v) is 6.91. The highest BCUT2D eigenvalue weighted by Crippen LogP contribution is 2.22. The van der Waals surface area contributed by atoms with Crippen LogP contribution in [0.25, 0.3) is 5.65 Å². The van der Waals surface area contributed by atoms with Gasteiger partial charge in [0.25, 0.3) is 0 Å². The van der Waals surface area contributed by atoms with E-state index in [1.807, 2.05) is 23.6 Å². The highest BCUT2D eigenvalue weighted by molar-refractivity contribution is 5.49. The molecular formula is C18H24N8. The van der Waals surface area contributed by atoms with Crippen molar-refractivity contribution < 1.29 is 0 Å². The van der Waals surface area contributed by atoms with Crippen LogP contribution in [0.15, 0.2) is 30.7 Å². The van der Waals surface area contributed by atoms with Crippen molar-refractivity contribution in [1.82, 2.24) is 29.5 Å². The fraction of sp³-hybridized carbons (Fsp3) is 0.444. The first-order valence-electron chi connectivity index (χ1n) is 8.88. The van der Waals surface area contributed by atoms with Crippen LogP contribution in [-0.4, -0.2) is 62.7 Å². The van der Waals surface area contributed by atoms with Gasteiger partial charge in [0.15, 0.2) is 5.65 Å². The molecule has 0 aromatic carbocycles. The lowest BCUT2D eigenvalue weighted by molar-refractivity contribution is 0.315. The minimum atomic E-state index is 0.580. The summed E-state index contributed by atoms with van der Waals surface area (Å²) < 4.78 is 1.95. The Kier molecular flexibility index (Phi) is 4.42. The van der Waals surface area contributed by atoms with E-state index in [-0.39, 0.29) is 0 Å². The Bertz CT molecular complexity index is 889. The molecule has 3 aromatic rings. The number of aryl methyl sites for hydroxylation is 1. The predicted octanol–water partition coefficient (Wildman–Crippen LogP) is 1.58. The molecule has 4 rings (SSSR count). The minimum Gasteiger partial charge on any atom is -0.364 e. The third kappa shape index (κ3) is 3.20. The molecule has 1 fully saturated rings. The summed E-state index contributed by atoms with van der Waals surface area (Å²) in [6.45, 7) is 4.67. The summed E-state index contributed by atoms with van der Waals surface area (Å²) in [7, 11) is 4.28. The molecule has 1 aliphatic rings. The summed E-state index contributed by atoms with van der Waals surface area (Å²) in [6, 6.07) is 6.55. The van der Waals surface area contributed by atoms with Crippen LogP contribution in [0.1, 0.15) is 17.8 Å². The van der Waals surface area contributed by atoms with Gasteiger partial charge in [0, 0.05) is 25.3 Å². The van der Waals surface area contributed by atoms with Crippen molar-refractivity contribution in [3.8, 4) is 0 Å². The Labute approximate surface area is 152 Å². The summed E-state index contributed by atoms with van der Waals surface area (Å²) in [5.41, 5.74) is 2.89. The van der Waals surface area contributed by atoms with Gasteiger partial charge in [0.1, 0.15) is 18.0 Å². The molecule has 0 saturated carbocycles. The van der Waals surface area contributed by atoms with Crippen LogP contribution in [0.3, 0.4) is 0 Å². The van der Waals surface area contributed by atoms with Gasteiger partial charge in [-0.15, -0.1) is 5.10 Å². The maximum absolute atomic E-state index is 4.87. The summed E-state index contributed by atoms with van der Waals surface area (Å²) in [5, 5.41) is 8.19. The van der Waals surface area contributed by atoms with Crippen molar-refractivity contribution in [3.63, 3.8) is 0 Å². The van der Waals surface area contributed by atoms with Crippen molar-refractivity contribution in [2.45, 2.75) is 25.9 Å². The first kappa shape index (κ1) is 16.7. The fourth-order valence-corrected chi connectivity index (χ4v) is 3.39. The van der Waals surface area contributed by atoms with Crippen LogP contribution >= 0.6 is 0 Å². The van der Waals surface area contributed by atoms with Crippen LogP contribution in [0.5, 0.6) is 0 Å². The lowest BCUT2D eigenvalue weighted by Gasteiger charge is -2.21. The monoisotopic (exact) mass is 352 g/mol. The molecule has 0 aliphatic carbocycles. The van der Waals surface area contributed by atoms with Gasteiger partial charge in [-0.25, -0.2) is 19.5 Å². The van der Waals surface area contributed by atoms with Crippen LogP contribution in [0.2, 0.25) is 0 Å². The van der Waals surface area contributed by atoms with Crippen LogP contribution in [0, 0.1) is 6.92 Å². The highest BCUT2D eigenvalue weighted by Gasteiger charge is 2.25. The molecule has 1 unspecified atom stereocenters. The normalized spacial score (nSPS) is 17.4. The number of aromatic nitrogens is 5. The lowest BCUT2D eigenvalue weighted by Crippen LogP contribution is -2.31. The third-order valence-electron chi connectivity index (χ3n) is 4.99. The second kappa shape index (κ2) is 6.87. The average Bonchev–Trinajstić information content (AvgIpc) is 3.25. The van der Waals surface area contributed by atoms with Gasteiger partial charge in [-0.1, -0.05) is 0 Å². The number of nitrogens with one attached hydrogen (secondary N) is 1. The van der Waals surface area contributed by atoms with Crippen molar-refractivity contribution in [3.05, 3.63) is 42.1 Å². The fourth-order valence-electron chi connectivity index (χ4n) is 3.39. The van der Waals surface area contributed by atoms with Gasteiger partial charge in [-0.2, -0.15) is 0 Å². The predicted molar refractivity (Wildman–Crippen MR) is 101 cm³/mol. The van der Waals surface area contributed by atoms with Gasteiger partial charge in [0.2, 0.25) is 0 Å². The maximum Gasteiger partial charge on any atom is 0.154 e. The zero-order valence-electron chi connectivity index (χ0n) is 15.4. The molecule has 4 heterocycles. The molecule has 0 bridgehead atoms. The Morgan fingerprint density at radius 1 is 1.27 bits per heavy atom. The standard InChI is InChI=1S/C18H24N8/c1-13-15(10-20-16-6-8-19-12-21-16)26-17(22-13)4-5-18(23-26)25-9-7-14(11-25)24(2)3/h4-6,8,12,14H,7,9-11H2,1-3H3,(H,19,20,21). The highest BCUT2D eigenvalue weighted by atomic mass is 15.4. The molecule has 1 atom stereocenters. The summed E-state index contributed by atoms with van der Waals surface area (Å²) in [4.78, 5) is 17.4. The molecular weight excluding hydrogens is 328 g/mol. The Morgan fingerprint density at radius 2 is 2.15 bits per heavy atom. The zero-order valence-corrected chi connectivity index (χ0v) is 15.4. The van der Waals surface area contributed by atoms with E-state index in [1.165, 1.54) is 6.33 Å². The molecule has 8 heteroatoms. The Morgan fingerprint density at radius 3 is 2.88 bits per heavy atom. The SMILES string of the molecule is Cc1nc2ccc(N3CCC(N(C)C)C3)nn2c1CNc1ccncn1. The van der Waals surface area contributed by atoms with E-state index < -0.39 is 0 Å². The molecule has 26 heavy (non-hydrogen) atoms. The van der Waals surface area contributed by atoms with Gasteiger partial charge in [0.05, 0.1) is 17.9 Å². The van der Waals surface area contributed by atoms with E-state index in [4.69, 9.17) is 5.10 Å². The second-order valence-electron chi connectivity index (χ2n) is 6.91. The van der Waals surface area contributed by atoms with Gasteiger partial charge in [-0.05, 0) is 45.6 Å². The van der Waals surface area contributed by atoms with Gasteiger partial charge >= 0.3 is 0 Å². The molecule has 1 aliphatic heterocycles. The van der Waals surface area contributed by atoms with Gasteiger partial charge < -0.3 is 15.1 Å². The summed E-state index contributed by atoms with van der Waals surface area (Å²) in [6.07, 6.45) is 4.42. The number of likely N-dealkylation sites (N-methyl/N-ethyl adjacent to an activating group) is 1. The van der Waals surface area contributed by atoms with Crippen molar-refractivity contribution in [2.75, 3.05) is 37.4 Å². The van der Waals surface area contributed by atoms with E-state index in [0.29, 0.717) is 12.6 Å². The van der Waals surface area contributed by atoms with Crippen molar-refractivity contribution in [2.24, 2.45) is 0 Å². The summed E-state index contributed by atoms with van der Waals surface area (Å²) in [5.74, 6) is 1.79. The van der Waals surface area contributed by atoms with Crippen LogP contribution < -0.4 is 10.2 Å². The van der Waals surface area contributed by atoms with Crippen LogP contribution in [-0.2, 0) is 6.54 Å². The average molecular weight is 352 g/mol. The topological polar surface area (TPSA) is 74.5 Å². The summed E-state index contributed by atoms with van der Waals surface area (Å²) >= 11 is 0. The number of anilines is 2. The molecule has 0 radical (unpaired) electrons.